The quantitative estimate of drug-likeness (QED) is 0.602. The third-order valence-corrected chi connectivity index (χ3v) is 12.2. The van der Waals surface area contributed by atoms with Crippen LogP contribution in [-0.2, 0) is 4.79 Å². The van der Waals surface area contributed by atoms with Crippen molar-refractivity contribution in [2.45, 2.75) is 82.8 Å². The molecule has 0 radical (unpaired) electrons. The monoisotopic (exact) mass is 339 g/mol. The zero-order chi connectivity index (χ0) is 17.3. The Bertz CT molecular complexity index is 505. The fourth-order valence-corrected chi connectivity index (χ4v) is 9.92. The number of aliphatic imine (C=N–C) groups is 1. The molecule has 0 bridgehead atoms. The van der Waals surface area contributed by atoms with Gasteiger partial charge in [-0.1, -0.05) is 53.3 Å². The molecular weight excluding hydrogens is 310 g/mol. The topological polar surface area (TPSA) is 49.7 Å². The number of carboxylic acid groups (broad SMARTS) is 1. The fourth-order valence-electron chi connectivity index (χ4n) is 3.61. The Morgan fingerprint density at radius 3 is 1.95 bits per heavy atom. The Kier molecular flexibility index (Phi) is 5.97. The van der Waals surface area contributed by atoms with Gasteiger partial charge in [0.15, 0.2) is 6.04 Å². The lowest BCUT2D eigenvalue weighted by atomic mass is 10.0. The summed E-state index contributed by atoms with van der Waals surface area (Å²) >= 11 is 1.50. The summed E-state index contributed by atoms with van der Waals surface area (Å²) in [4.78, 5) is 15.7. The van der Waals surface area contributed by atoms with E-state index in [9.17, 15) is 9.90 Å². The highest BCUT2D eigenvalue weighted by molar-refractivity contribution is 8.16. The van der Waals surface area contributed by atoms with Crippen LogP contribution in [0.5, 0.6) is 0 Å². The first kappa shape index (κ1) is 19.3. The van der Waals surface area contributed by atoms with E-state index >= 15 is 0 Å². The second-order valence-electron chi connectivity index (χ2n) is 7.53. The Hall–Kier alpha value is -0.733. The highest BCUT2D eigenvalue weighted by Crippen LogP contribution is 2.41. The van der Waals surface area contributed by atoms with E-state index in [1.807, 2.05) is 13.8 Å². The molecular formula is C17H29NO2SSi. The standard InChI is InChI=1S/C17H29NO2SSi/c1-11(2)22(12(3)4,13(5)6)10-9-14-18-15(16(19)20)17(7,8)21-14/h11-13,15H,1-8H3,(H,19,20). The van der Waals surface area contributed by atoms with Gasteiger partial charge < -0.3 is 5.11 Å². The van der Waals surface area contributed by atoms with Crippen molar-refractivity contribution in [1.29, 1.82) is 0 Å². The molecule has 0 saturated carbocycles. The smallest absolute Gasteiger partial charge is 0.329 e. The van der Waals surface area contributed by atoms with Crippen LogP contribution in [0.15, 0.2) is 4.99 Å². The fraction of sp³-hybridized carbons (Fsp3) is 0.765. The summed E-state index contributed by atoms with van der Waals surface area (Å²) < 4.78 is -0.423. The summed E-state index contributed by atoms with van der Waals surface area (Å²) in [6, 6.07) is -0.699. The van der Waals surface area contributed by atoms with Gasteiger partial charge >= 0.3 is 5.97 Å². The molecule has 5 heteroatoms. The van der Waals surface area contributed by atoms with Gasteiger partial charge in [0.05, 0.1) is 4.75 Å². The third-order valence-electron chi connectivity index (χ3n) is 4.75. The zero-order valence-corrected chi connectivity index (χ0v) is 16.8. The number of carboxylic acids is 1. The zero-order valence-electron chi connectivity index (χ0n) is 15.0. The molecule has 22 heavy (non-hydrogen) atoms. The maximum Gasteiger partial charge on any atom is 0.329 e. The highest BCUT2D eigenvalue weighted by Gasteiger charge is 2.44. The summed E-state index contributed by atoms with van der Waals surface area (Å²) in [5, 5.41) is 9.99. The summed E-state index contributed by atoms with van der Waals surface area (Å²) in [7, 11) is -1.79. The molecule has 1 aliphatic heterocycles. The largest absolute Gasteiger partial charge is 0.480 e. The molecule has 1 unspecified atom stereocenters. The molecule has 1 rings (SSSR count). The summed E-state index contributed by atoms with van der Waals surface area (Å²) in [6.07, 6.45) is 0. The molecule has 0 saturated heterocycles. The minimum Gasteiger partial charge on any atom is -0.480 e. The first-order chi connectivity index (χ1) is 9.95. The van der Waals surface area contributed by atoms with E-state index in [-0.39, 0.29) is 0 Å². The van der Waals surface area contributed by atoms with Crippen molar-refractivity contribution in [3.63, 3.8) is 0 Å². The van der Waals surface area contributed by atoms with Crippen LogP contribution < -0.4 is 0 Å². The first-order valence-corrected chi connectivity index (χ1v) is 11.0. The minimum absolute atomic E-state index is 0.423. The predicted octanol–water partition coefficient (Wildman–Crippen LogP) is 4.58. The van der Waals surface area contributed by atoms with Crippen molar-refractivity contribution < 1.29 is 9.90 Å². The number of carbonyl (C=O) groups is 1. The Morgan fingerprint density at radius 1 is 1.18 bits per heavy atom. The van der Waals surface area contributed by atoms with Gasteiger partial charge in [-0.25, -0.2) is 4.79 Å². The minimum atomic E-state index is -1.79. The average molecular weight is 340 g/mol. The van der Waals surface area contributed by atoms with Gasteiger partial charge in [-0.2, -0.15) is 0 Å². The molecule has 3 nitrogen and oxygen atoms in total. The predicted molar refractivity (Wildman–Crippen MR) is 99.4 cm³/mol. The number of rotatable bonds is 4. The Balaban J connectivity index is 3.21. The van der Waals surface area contributed by atoms with Crippen LogP contribution in [0, 0.1) is 11.5 Å². The van der Waals surface area contributed by atoms with Crippen LogP contribution in [-0.4, -0.2) is 35.0 Å². The van der Waals surface area contributed by atoms with Gasteiger partial charge in [-0.3, -0.25) is 4.99 Å². The van der Waals surface area contributed by atoms with Crippen molar-refractivity contribution in [2.24, 2.45) is 4.99 Å². The second kappa shape index (κ2) is 6.80. The van der Waals surface area contributed by atoms with Gasteiger partial charge in [0, 0.05) is 0 Å². The molecule has 0 fully saturated rings. The van der Waals surface area contributed by atoms with Gasteiger partial charge in [0.25, 0.3) is 0 Å². The molecule has 0 spiro atoms. The normalized spacial score (nSPS) is 21.0. The van der Waals surface area contributed by atoms with Crippen LogP contribution in [0.1, 0.15) is 55.4 Å². The van der Waals surface area contributed by atoms with Crippen molar-refractivity contribution >= 4 is 30.8 Å². The van der Waals surface area contributed by atoms with E-state index in [2.05, 4.69) is 58.0 Å². The van der Waals surface area contributed by atoms with E-state index in [0.29, 0.717) is 21.7 Å². The van der Waals surface area contributed by atoms with E-state index in [1.165, 1.54) is 11.8 Å². The summed E-state index contributed by atoms with van der Waals surface area (Å²) in [6.45, 7) is 17.5. The Labute approximate surface area is 140 Å². The van der Waals surface area contributed by atoms with Crippen molar-refractivity contribution in [3.8, 4) is 11.5 Å². The summed E-state index contributed by atoms with van der Waals surface area (Å²) in [5.74, 6) is 2.40. The van der Waals surface area contributed by atoms with E-state index in [4.69, 9.17) is 0 Å². The molecule has 124 valence electrons. The molecule has 1 N–H and O–H groups in total. The van der Waals surface area contributed by atoms with E-state index in [1.54, 1.807) is 0 Å². The maximum absolute atomic E-state index is 11.3. The molecule has 0 aliphatic carbocycles. The lowest BCUT2D eigenvalue weighted by Gasteiger charge is -2.38. The number of aliphatic carboxylic acids is 1. The third kappa shape index (κ3) is 3.60. The van der Waals surface area contributed by atoms with Gasteiger partial charge in [-0.15, -0.1) is 5.54 Å². The van der Waals surface area contributed by atoms with E-state index < -0.39 is 24.8 Å². The van der Waals surface area contributed by atoms with Gasteiger partial charge in [0.2, 0.25) is 0 Å². The van der Waals surface area contributed by atoms with Crippen molar-refractivity contribution in [3.05, 3.63) is 0 Å². The highest BCUT2D eigenvalue weighted by atomic mass is 32.2. The van der Waals surface area contributed by atoms with Crippen LogP contribution in [0.3, 0.4) is 0 Å². The number of nitrogens with zero attached hydrogens (tertiary/aromatic N) is 1. The van der Waals surface area contributed by atoms with Crippen LogP contribution in [0.2, 0.25) is 16.6 Å². The van der Waals surface area contributed by atoms with Crippen molar-refractivity contribution in [2.75, 3.05) is 0 Å². The van der Waals surface area contributed by atoms with Gasteiger partial charge in [-0.05, 0) is 36.4 Å². The Morgan fingerprint density at radius 2 is 1.64 bits per heavy atom. The van der Waals surface area contributed by atoms with Crippen molar-refractivity contribution in [1.82, 2.24) is 0 Å². The molecule has 0 aromatic rings. The number of thioether (sulfide) groups is 1. The number of hydrogen-bond donors (Lipinski definition) is 1. The van der Waals surface area contributed by atoms with Crippen LogP contribution >= 0.6 is 11.8 Å². The molecule has 1 heterocycles. The average Bonchev–Trinajstić information content (AvgIpc) is 2.63. The van der Waals surface area contributed by atoms with E-state index in [0.717, 1.165) is 0 Å². The summed E-state index contributed by atoms with van der Waals surface area (Å²) in [5.41, 5.74) is 5.31. The molecule has 0 aromatic heterocycles. The maximum atomic E-state index is 11.3. The second-order valence-corrected chi connectivity index (χ2v) is 14.8. The molecule has 1 atom stereocenters. The van der Waals surface area contributed by atoms with Gasteiger partial charge in [0.1, 0.15) is 13.1 Å². The molecule has 0 aromatic carbocycles. The molecule has 1 aliphatic rings. The number of hydrogen-bond acceptors (Lipinski definition) is 3. The van der Waals surface area contributed by atoms with Crippen LogP contribution in [0.4, 0.5) is 0 Å². The SMILES string of the molecule is CC(C)[Si](C#CC1=NC(C(=O)O)C(C)(C)S1)(C(C)C)C(C)C. The first-order valence-electron chi connectivity index (χ1n) is 7.98. The molecule has 0 amide bonds. The lowest BCUT2D eigenvalue weighted by molar-refractivity contribution is -0.138. The van der Waals surface area contributed by atoms with Crippen LogP contribution in [0.25, 0.3) is 0 Å². The lowest BCUT2D eigenvalue weighted by Crippen LogP contribution is -2.43.